The average Bonchev–Trinajstić information content (AvgIpc) is 3.46. The minimum Gasteiger partial charge on any atom is -0.497 e. The molecule has 34 heavy (non-hydrogen) atoms. The van der Waals surface area contributed by atoms with Gasteiger partial charge in [-0.3, -0.25) is 18.9 Å². The van der Waals surface area contributed by atoms with Crippen LogP contribution in [0.3, 0.4) is 0 Å². The van der Waals surface area contributed by atoms with Crippen molar-refractivity contribution in [3.05, 3.63) is 69.5 Å². The fourth-order valence-electron chi connectivity index (χ4n) is 3.82. The highest BCUT2D eigenvalue weighted by molar-refractivity contribution is 8.26. The summed E-state index contributed by atoms with van der Waals surface area (Å²) in [5.41, 5.74) is 0.245. The number of methoxy groups -OCH3 is 1. The van der Waals surface area contributed by atoms with Crippen LogP contribution in [0.5, 0.6) is 17.4 Å². The summed E-state index contributed by atoms with van der Waals surface area (Å²) in [5.74, 6) is 1.01. The molecule has 2 aromatic heterocycles. The fourth-order valence-corrected chi connectivity index (χ4v) is 5.08. The van der Waals surface area contributed by atoms with Crippen LogP contribution in [0.1, 0.15) is 18.4 Å². The maximum absolute atomic E-state index is 13.4. The lowest BCUT2D eigenvalue weighted by atomic mass is 10.2. The molecule has 1 amide bonds. The highest BCUT2D eigenvalue weighted by Gasteiger charge is 2.35. The molecule has 10 heteroatoms. The lowest BCUT2D eigenvalue weighted by Crippen LogP contribution is -2.35. The van der Waals surface area contributed by atoms with Gasteiger partial charge in [0.05, 0.1) is 24.7 Å². The molecular formula is C24H21N3O5S2. The zero-order valence-electron chi connectivity index (χ0n) is 18.3. The molecule has 0 N–H and O–H groups in total. The van der Waals surface area contributed by atoms with Gasteiger partial charge < -0.3 is 14.2 Å². The van der Waals surface area contributed by atoms with E-state index in [1.165, 1.54) is 15.4 Å². The first kappa shape index (κ1) is 22.6. The first-order chi connectivity index (χ1) is 16.5. The molecule has 2 aliphatic rings. The van der Waals surface area contributed by atoms with Crippen LogP contribution in [-0.2, 0) is 9.53 Å². The smallest absolute Gasteiger partial charge is 0.269 e. The van der Waals surface area contributed by atoms with E-state index in [9.17, 15) is 9.59 Å². The SMILES string of the molecule is COc1ccc(Oc2nc3ccccn3c(=O)c2C=C2SC(=S)N(CC3CCCO3)C2=O)cc1. The number of carbonyl (C=O) groups is 1. The number of carbonyl (C=O) groups excluding carboxylic acids is 1. The summed E-state index contributed by atoms with van der Waals surface area (Å²) in [4.78, 5) is 32.9. The predicted octanol–water partition coefficient (Wildman–Crippen LogP) is 3.88. The van der Waals surface area contributed by atoms with Crippen molar-refractivity contribution in [3.63, 3.8) is 0 Å². The second-order valence-electron chi connectivity index (χ2n) is 7.77. The number of thioether (sulfide) groups is 1. The van der Waals surface area contributed by atoms with Crippen molar-refractivity contribution in [2.75, 3.05) is 20.3 Å². The number of pyridine rings is 1. The van der Waals surface area contributed by atoms with Crippen LogP contribution in [0.25, 0.3) is 11.7 Å². The molecule has 1 aromatic carbocycles. The molecule has 0 bridgehead atoms. The second kappa shape index (κ2) is 9.57. The Morgan fingerprint density at radius 3 is 2.74 bits per heavy atom. The highest BCUT2D eigenvalue weighted by Crippen LogP contribution is 2.35. The van der Waals surface area contributed by atoms with Crippen LogP contribution in [0.2, 0.25) is 0 Å². The van der Waals surface area contributed by atoms with Crippen molar-refractivity contribution >= 4 is 45.9 Å². The Bertz CT molecular complexity index is 1350. The number of nitrogens with zero attached hydrogens (tertiary/aromatic N) is 3. The summed E-state index contributed by atoms with van der Waals surface area (Å²) in [7, 11) is 1.58. The highest BCUT2D eigenvalue weighted by atomic mass is 32.2. The molecule has 174 valence electrons. The number of thiocarbonyl (C=S) groups is 1. The molecule has 0 saturated carbocycles. The minimum absolute atomic E-state index is 0.0243. The Morgan fingerprint density at radius 1 is 1.21 bits per heavy atom. The number of aromatic nitrogens is 2. The van der Waals surface area contributed by atoms with Gasteiger partial charge in [-0.05, 0) is 55.3 Å². The summed E-state index contributed by atoms with van der Waals surface area (Å²) in [6.07, 6.45) is 4.99. The summed E-state index contributed by atoms with van der Waals surface area (Å²) in [6.45, 7) is 1.10. The molecule has 0 spiro atoms. The van der Waals surface area contributed by atoms with E-state index in [2.05, 4.69) is 4.98 Å². The number of benzene rings is 1. The maximum atomic E-state index is 13.4. The Labute approximate surface area is 205 Å². The van der Waals surface area contributed by atoms with E-state index in [-0.39, 0.29) is 29.0 Å². The Morgan fingerprint density at radius 2 is 2.00 bits per heavy atom. The molecule has 3 aromatic rings. The molecule has 5 rings (SSSR count). The van der Waals surface area contributed by atoms with Crippen LogP contribution in [0, 0.1) is 0 Å². The van der Waals surface area contributed by atoms with Gasteiger partial charge in [0.1, 0.15) is 27.0 Å². The van der Waals surface area contributed by atoms with Crippen molar-refractivity contribution in [3.8, 4) is 17.4 Å². The number of amides is 1. The number of hydrogen-bond donors (Lipinski definition) is 0. The number of fused-ring (bicyclic) bond motifs is 1. The van der Waals surface area contributed by atoms with E-state index in [1.54, 1.807) is 55.8 Å². The van der Waals surface area contributed by atoms with Gasteiger partial charge in [0, 0.05) is 12.8 Å². The molecular weight excluding hydrogens is 474 g/mol. The van der Waals surface area contributed by atoms with Crippen molar-refractivity contribution in [2.24, 2.45) is 0 Å². The first-order valence-corrected chi connectivity index (χ1v) is 12.0. The molecule has 2 saturated heterocycles. The van der Waals surface area contributed by atoms with Gasteiger partial charge in [0.15, 0.2) is 0 Å². The van der Waals surface area contributed by atoms with E-state index >= 15 is 0 Å². The van der Waals surface area contributed by atoms with Crippen molar-refractivity contribution in [1.29, 1.82) is 0 Å². The molecule has 2 aliphatic heterocycles. The van der Waals surface area contributed by atoms with E-state index < -0.39 is 0 Å². The van der Waals surface area contributed by atoms with Gasteiger partial charge in [-0.2, -0.15) is 4.98 Å². The summed E-state index contributed by atoms with van der Waals surface area (Å²) in [5, 5.41) is 0. The van der Waals surface area contributed by atoms with E-state index in [0.29, 0.717) is 39.5 Å². The van der Waals surface area contributed by atoms with Crippen LogP contribution in [0.15, 0.2) is 58.4 Å². The van der Waals surface area contributed by atoms with Crippen molar-refractivity contribution < 1.29 is 19.0 Å². The third-order valence-electron chi connectivity index (χ3n) is 5.57. The topological polar surface area (TPSA) is 82.4 Å². The Hall–Kier alpha value is -3.21. The molecule has 1 unspecified atom stereocenters. The molecule has 0 radical (unpaired) electrons. The third kappa shape index (κ3) is 4.44. The number of hydrogen-bond acceptors (Lipinski definition) is 8. The van der Waals surface area contributed by atoms with Gasteiger partial charge in [0.2, 0.25) is 5.88 Å². The lowest BCUT2D eigenvalue weighted by Gasteiger charge is -2.18. The zero-order chi connectivity index (χ0) is 23.7. The summed E-state index contributed by atoms with van der Waals surface area (Å²) in [6, 6.07) is 12.2. The molecule has 0 aliphatic carbocycles. The van der Waals surface area contributed by atoms with E-state index in [1.807, 2.05) is 0 Å². The Kier molecular flexibility index (Phi) is 6.36. The van der Waals surface area contributed by atoms with Crippen LogP contribution in [0.4, 0.5) is 0 Å². The van der Waals surface area contributed by atoms with Gasteiger partial charge in [-0.1, -0.05) is 30.0 Å². The Balaban J connectivity index is 1.53. The number of rotatable bonds is 6. The second-order valence-corrected chi connectivity index (χ2v) is 9.45. The van der Waals surface area contributed by atoms with Gasteiger partial charge in [0.25, 0.3) is 11.5 Å². The van der Waals surface area contributed by atoms with Crippen LogP contribution < -0.4 is 15.0 Å². The van der Waals surface area contributed by atoms with Gasteiger partial charge in [-0.25, -0.2) is 0 Å². The molecule has 8 nitrogen and oxygen atoms in total. The van der Waals surface area contributed by atoms with Gasteiger partial charge >= 0.3 is 0 Å². The van der Waals surface area contributed by atoms with Gasteiger partial charge in [-0.15, -0.1) is 0 Å². The standard InChI is InChI=1S/C24H21N3O5S2/c1-30-15-7-9-16(10-8-15)32-21-18(22(28)26-11-3-2-6-20(26)25-21)13-19-23(29)27(24(33)34-19)14-17-5-4-12-31-17/h2-3,6-11,13,17H,4-5,12,14H2,1H3. The monoisotopic (exact) mass is 495 g/mol. The minimum atomic E-state index is -0.349. The average molecular weight is 496 g/mol. The summed E-state index contributed by atoms with van der Waals surface area (Å²) >= 11 is 6.61. The number of ether oxygens (including phenoxy) is 3. The zero-order valence-corrected chi connectivity index (χ0v) is 19.9. The predicted molar refractivity (Wildman–Crippen MR) is 133 cm³/mol. The molecule has 1 atom stereocenters. The van der Waals surface area contributed by atoms with E-state index in [4.69, 9.17) is 26.4 Å². The van der Waals surface area contributed by atoms with Crippen molar-refractivity contribution in [2.45, 2.75) is 18.9 Å². The molecule has 2 fully saturated rings. The third-order valence-corrected chi connectivity index (χ3v) is 6.95. The first-order valence-electron chi connectivity index (χ1n) is 10.7. The normalized spacial score (nSPS) is 19.4. The summed E-state index contributed by atoms with van der Waals surface area (Å²) < 4.78 is 18.7. The largest absolute Gasteiger partial charge is 0.497 e. The van der Waals surface area contributed by atoms with E-state index in [0.717, 1.165) is 24.6 Å². The lowest BCUT2D eigenvalue weighted by molar-refractivity contribution is -0.123. The van der Waals surface area contributed by atoms with Crippen LogP contribution >= 0.6 is 24.0 Å². The maximum Gasteiger partial charge on any atom is 0.269 e. The fraction of sp³-hybridized carbons (Fsp3) is 0.250. The van der Waals surface area contributed by atoms with Crippen LogP contribution in [-0.4, -0.2) is 50.9 Å². The molecule has 4 heterocycles. The quantitative estimate of drug-likeness (QED) is 0.377. The van der Waals surface area contributed by atoms with Crippen molar-refractivity contribution in [1.82, 2.24) is 14.3 Å².